The maximum atomic E-state index is 11.2. The van der Waals surface area contributed by atoms with Gasteiger partial charge in [-0.1, -0.05) is 0 Å². The molecule has 1 aromatic rings. The van der Waals surface area contributed by atoms with E-state index in [1.807, 2.05) is 0 Å². The molecule has 0 aromatic heterocycles. The van der Waals surface area contributed by atoms with E-state index in [0.29, 0.717) is 12.0 Å². The first kappa shape index (κ1) is 9.77. The number of rotatable bonds is 1. The molecule has 0 atom stereocenters. The molecule has 0 fully saturated rings. The zero-order valence-electron chi connectivity index (χ0n) is 8.23. The quantitative estimate of drug-likeness (QED) is 0.737. The van der Waals surface area contributed by atoms with Crippen molar-refractivity contribution in [3.05, 3.63) is 29.8 Å². The third-order valence-corrected chi connectivity index (χ3v) is 2.53. The van der Waals surface area contributed by atoms with E-state index in [2.05, 4.69) is 0 Å². The molecule has 0 unspecified atom stereocenters. The number of phenols is 2. The van der Waals surface area contributed by atoms with Crippen LogP contribution in [-0.4, -0.2) is 16.0 Å². The minimum Gasteiger partial charge on any atom is -0.508 e. The molecule has 0 spiro atoms. The van der Waals surface area contributed by atoms with Crippen molar-refractivity contribution in [3.8, 4) is 11.5 Å². The SMILES string of the molecule is O=C1C=C(c2ccc(O)cc2O)CCC1. The van der Waals surface area contributed by atoms with Crippen LogP contribution in [0.5, 0.6) is 11.5 Å². The molecule has 1 aliphatic rings. The number of hydrogen-bond donors (Lipinski definition) is 2. The van der Waals surface area contributed by atoms with Crippen LogP contribution in [0.1, 0.15) is 24.8 Å². The van der Waals surface area contributed by atoms with Gasteiger partial charge in [0.25, 0.3) is 0 Å². The Morgan fingerprint density at radius 3 is 2.60 bits per heavy atom. The lowest BCUT2D eigenvalue weighted by molar-refractivity contribution is -0.114. The van der Waals surface area contributed by atoms with Crippen LogP contribution in [-0.2, 0) is 4.79 Å². The smallest absolute Gasteiger partial charge is 0.155 e. The van der Waals surface area contributed by atoms with Crippen LogP contribution in [0.3, 0.4) is 0 Å². The van der Waals surface area contributed by atoms with Crippen molar-refractivity contribution in [3.63, 3.8) is 0 Å². The Morgan fingerprint density at radius 1 is 1.13 bits per heavy atom. The average molecular weight is 204 g/mol. The van der Waals surface area contributed by atoms with Gasteiger partial charge >= 0.3 is 0 Å². The molecule has 3 heteroatoms. The van der Waals surface area contributed by atoms with Gasteiger partial charge in [-0.15, -0.1) is 0 Å². The first-order valence-electron chi connectivity index (χ1n) is 4.92. The van der Waals surface area contributed by atoms with Crippen molar-refractivity contribution < 1.29 is 15.0 Å². The highest BCUT2D eigenvalue weighted by Gasteiger charge is 2.14. The monoisotopic (exact) mass is 204 g/mol. The first-order chi connectivity index (χ1) is 7.16. The molecule has 2 N–H and O–H groups in total. The summed E-state index contributed by atoms with van der Waals surface area (Å²) in [7, 11) is 0. The van der Waals surface area contributed by atoms with Crippen LogP contribution < -0.4 is 0 Å². The molecule has 0 amide bonds. The molecule has 0 aliphatic heterocycles. The van der Waals surface area contributed by atoms with Gasteiger partial charge in [0.15, 0.2) is 5.78 Å². The molecular formula is C12H12O3. The van der Waals surface area contributed by atoms with Gasteiger partial charge in [0.2, 0.25) is 0 Å². The van der Waals surface area contributed by atoms with Gasteiger partial charge in [-0.3, -0.25) is 4.79 Å². The van der Waals surface area contributed by atoms with Crippen LogP contribution in [0.2, 0.25) is 0 Å². The second-order valence-electron chi connectivity index (χ2n) is 3.69. The summed E-state index contributed by atoms with van der Waals surface area (Å²) < 4.78 is 0. The number of carbonyl (C=O) groups is 1. The van der Waals surface area contributed by atoms with Gasteiger partial charge in [-0.2, -0.15) is 0 Å². The van der Waals surface area contributed by atoms with Crippen molar-refractivity contribution in [1.82, 2.24) is 0 Å². The van der Waals surface area contributed by atoms with Crippen molar-refractivity contribution in [1.29, 1.82) is 0 Å². The number of hydrogen-bond acceptors (Lipinski definition) is 3. The van der Waals surface area contributed by atoms with Crippen LogP contribution >= 0.6 is 0 Å². The van der Waals surface area contributed by atoms with Gasteiger partial charge in [-0.25, -0.2) is 0 Å². The largest absolute Gasteiger partial charge is 0.508 e. The standard InChI is InChI=1S/C12H12O3/c13-9-3-1-2-8(6-9)11-5-4-10(14)7-12(11)15/h4-7,14-15H,1-3H2. The van der Waals surface area contributed by atoms with Crippen molar-refractivity contribution in [2.24, 2.45) is 0 Å². The highest BCUT2D eigenvalue weighted by atomic mass is 16.3. The van der Waals surface area contributed by atoms with Gasteiger partial charge in [0, 0.05) is 18.1 Å². The Hall–Kier alpha value is -1.77. The molecule has 0 saturated heterocycles. The number of phenolic OH excluding ortho intramolecular Hbond substituents is 2. The van der Waals surface area contributed by atoms with E-state index in [-0.39, 0.29) is 17.3 Å². The predicted molar refractivity (Wildman–Crippen MR) is 56.6 cm³/mol. The third kappa shape index (κ3) is 2.01. The lowest BCUT2D eigenvalue weighted by atomic mass is 9.92. The topological polar surface area (TPSA) is 57.5 Å². The summed E-state index contributed by atoms with van der Waals surface area (Å²) in [6.45, 7) is 0. The van der Waals surface area contributed by atoms with E-state index >= 15 is 0 Å². The molecule has 0 heterocycles. The van der Waals surface area contributed by atoms with Crippen LogP contribution in [0.25, 0.3) is 5.57 Å². The maximum Gasteiger partial charge on any atom is 0.155 e. The number of aromatic hydroxyl groups is 2. The molecule has 1 aliphatic carbocycles. The summed E-state index contributed by atoms with van der Waals surface area (Å²) in [5.74, 6) is 0.152. The van der Waals surface area contributed by atoms with Crippen LogP contribution in [0.4, 0.5) is 0 Å². The molecule has 15 heavy (non-hydrogen) atoms. The summed E-state index contributed by atoms with van der Waals surface area (Å²) in [6, 6.07) is 4.43. The van der Waals surface area contributed by atoms with Gasteiger partial charge in [0.05, 0.1) is 0 Å². The van der Waals surface area contributed by atoms with Crippen molar-refractivity contribution in [2.75, 3.05) is 0 Å². The number of benzene rings is 1. The number of allylic oxidation sites excluding steroid dienone is 2. The fraction of sp³-hybridized carbons (Fsp3) is 0.250. The van der Waals surface area contributed by atoms with Crippen molar-refractivity contribution in [2.45, 2.75) is 19.3 Å². The minimum absolute atomic E-state index is 0.0240. The minimum atomic E-state index is 0.0240. The summed E-state index contributed by atoms with van der Waals surface area (Å²) in [4.78, 5) is 11.2. The zero-order valence-corrected chi connectivity index (χ0v) is 8.23. The summed E-state index contributed by atoms with van der Waals surface area (Å²) in [6.07, 6.45) is 3.78. The Labute approximate surface area is 87.7 Å². The van der Waals surface area contributed by atoms with Crippen LogP contribution in [0, 0.1) is 0 Å². The summed E-state index contributed by atoms with van der Waals surface area (Å²) in [5, 5.41) is 18.8. The Bertz CT molecular complexity index is 432. The molecule has 3 nitrogen and oxygen atoms in total. The molecule has 1 aromatic carbocycles. The predicted octanol–water partition coefficient (Wildman–Crippen LogP) is 2.23. The van der Waals surface area contributed by atoms with Gasteiger partial charge in [0.1, 0.15) is 11.5 Å². The molecule has 0 bridgehead atoms. The van der Waals surface area contributed by atoms with E-state index < -0.39 is 0 Å². The first-order valence-corrected chi connectivity index (χ1v) is 4.92. The summed E-state index contributed by atoms with van der Waals surface area (Å²) in [5.41, 5.74) is 1.49. The fourth-order valence-corrected chi connectivity index (χ4v) is 1.80. The normalized spacial score (nSPS) is 16.3. The Balaban J connectivity index is 2.41. The second kappa shape index (κ2) is 3.77. The highest BCUT2D eigenvalue weighted by molar-refractivity contribution is 5.98. The summed E-state index contributed by atoms with van der Waals surface area (Å²) >= 11 is 0. The molecule has 2 rings (SSSR count). The maximum absolute atomic E-state index is 11.2. The zero-order chi connectivity index (χ0) is 10.8. The van der Waals surface area contributed by atoms with E-state index in [4.69, 9.17) is 5.11 Å². The van der Waals surface area contributed by atoms with E-state index in [9.17, 15) is 9.90 Å². The average Bonchev–Trinajstić information content (AvgIpc) is 2.17. The highest BCUT2D eigenvalue weighted by Crippen LogP contribution is 2.33. The van der Waals surface area contributed by atoms with E-state index in [1.54, 1.807) is 12.1 Å². The lowest BCUT2D eigenvalue weighted by Crippen LogP contribution is -2.02. The fourth-order valence-electron chi connectivity index (χ4n) is 1.80. The Kier molecular flexibility index (Phi) is 2.46. The molecular weight excluding hydrogens is 192 g/mol. The molecule has 0 radical (unpaired) electrons. The van der Waals surface area contributed by atoms with Gasteiger partial charge < -0.3 is 10.2 Å². The van der Waals surface area contributed by atoms with E-state index in [1.165, 1.54) is 12.1 Å². The lowest BCUT2D eigenvalue weighted by Gasteiger charge is -2.13. The third-order valence-electron chi connectivity index (χ3n) is 2.53. The number of carbonyl (C=O) groups excluding carboxylic acids is 1. The van der Waals surface area contributed by atoms with E-state index in [0.717, 1.165) is 18.4 Å². The molecule has 0 saturated carbocycles. The van der Waals surface area contributed by atoms with Crippen molar-refractivity contribution >= 4 is 11.4 Å². The Morgan fingerprint density at radius 2 is 1.93 bits per heavy atom. The van der Waals surface area contributed by atoms with Gasteiger partial charge in [-0.05, 0) is 36.6 Å². The second-order valence-corrected chi connectivity index (χ2v) is 3.69. The number of ketones is 1. The molecule has 78 valence electrons. The van der Waals surface area contributed by atoms with Crippen LogP contribution in [0.15, 0.2) is 24.3 Å².